The van der Waals surface area contributed by atoms with Gasteiger partial charge in [0.1, 0.15) is 0 Å². The monoisotopic (exact) mass is 844 g/mol. The number of carbonyl (C=O) groups excluding carboxylic acids is 2. The lowest BCUT2D eigenvalue weighted by Crippen LogP contribution is -2.47. The van der Waals surface area contributed by atoms with E-state index in [2.05, 4.69) is 0 Å². The molecule has 0 atom stereocenters. The van der Waals surface area contributed by atoms with Gasteiger partial charge in [-0.05, 0) is 59.8 Å². The molecule has 2 amide bonds. The van der Waals surface area contributed by atoms with Gasteiger partial charge in [0.15, 0.2) is 0 Å². The average Bonchev–Trinajstić information content (AvgIpc) is 3.19. The van der Waals surface area contributed by atoms with Crippen molar-refractivity contribution < 1.29 is 53.5 Å². The van der Waals surface area contributed by atoms with E-state index < -0.39 is 63.2 Å². The van der Waals surface area contributed by atoms with E-state index in [1.807, 2.05) is 0 Å². The molecule has 0 unspecified atom stereocenters. The Morgan fingerprint density at radius 1 is 0.362 bits per heavy atom. The molecular weight excluding hydrogens is 816 g/mol. The largest absolute Gasteiger partial charge is 0.463 e. The molecule has 0 aliphatic rings. The highest BCUT2D eigenvalue weighted by atomic mass is 31.1. The molecule has 0 radical (unpaired) electrons. The van der Waals surface area contributed by atoms with Crippen LogP contribution in [0.15, 0.2) is 158 Å². The van der Waals surface area contributed by atoms with Gasteiger partial charge >= 0.3 is 36.0 Å². The summed E-state index contributed by atoms with van der Waals surface area (Å²) in [5.74, 6) is -17.4. The molecule has 0 fully saturated rings. The normalized spacial score (nSPS) is 12.4. The lowest BCUT2D eigenvalue weighted by atomic mass is 10.0. The summed E-state index contributed by atoms with van der Waals surface area (Å²) in [6, 6.07) is 41.5. The van der Waals surface area contributed by atoms with E-state index in [-0.39, 0.29) is 21.7 Å². The van der Waals surface area contributed by atoms with Gasteiger partial charge in [-0.2, -0.15) is 43.9 Å². The third kappa shape index (κ3) is 8.49. The van der Waals surface area contributed by atoms with Crippen molar-refractivity contribution in [2.75, 3.05) is 10.6 Å². The van der Waals surface area contributed by atoms with Crippen LogP contribution in [0.1, 0.15) is 0 Å². The highest BCUT2D eigenvalue weighted by Crippen LogP contribution is 2.47. The molecule has 0 saturated heterocycles. The Bertz CT molecular complexity index is 2130. The van der Waals surface area contributed by atoms with E-state index in [1.54, 1.807) is 132 Å². The number of amides is 2. The molecule has 6 aromatic carbocycles. The van der Waals surface area contributed by atoms with Crippen molar-refractivity contribution in [3.05, 3.63) is 158 Å². The lowest BCUT2D eigenvalue weighted by molar-refractivity contribution is -0.267. The Morgan fingerprint density at radius 2 is 0.621 bits per heavy atom. The summed E-state index contributed by atoms with van der Waals surface area (Å²) >= 11 is 0. The second kappa shape index (κ2) is 16.7. The van der Waals surface area contributed by atoms with Gasteiger partial charge in [-0.15, -0.1) is 0 Å². The zero-order valence-corrected chi connectivity index (χ0v) is 31.3. The Hall–Kier alpha value is -5.58. The molecule has 0 heterocycles. The van der Waals surface area contributed by atoms with Gasteiger partial charge in [0.2, 0.25) is 0 Å². The van der Waals surface area contributed by atoms with Gasteiger partial charge in [0.05, 0.1) is 0 Å². The first-order valence-corrected chi connectivity index (χ1v) is 19.7. The van der Waals surface area contributed by atoms with Crippen molar-refractivity contribution >= 4 is 70.9 Å². The molecule has 6 rings (SSSR count). The fraction of sp³-hybridized carbons (Fsp3) is 0.0952. The molecule has 2 N–H and O–H groups in total. The van der Waals surface area contributed by atoms with Gasteiger partial charge in [0, 0.05) is 22.5 Å². The average molecular weight is 845 g/mol. The van der Waals surface area contributed by atoms with Crippen molar-refractivity contribution in [1.82, 2.24) is 0 Å². The summed E-state index contributed by atoms with van der Waals surface area (Å²) in [5.41, 5.74) is -1.97. The fourth-order valence-electron chi connectivity index (χ4n) is 6.01. The van der Waals surface area contributed by atoms with Crippen LogP contribution in [0.4, 0.5) is 55.3 Å². The Balaban J connectivity index is 1.77. The first kappa shape index (κ1) is 42.0. The predicted octanol–water partition coefficient (Wildman–Crippen LogP) is 9.14. The van der Waals surface area contributed by atoms with E-state index in [9.17, 15) is 53.5 Å². The number of hydrogen-bond acceptors (Lipinski definition) is 2. The summed E-state index contributed by atoms with van der Waals surface area (Å²) in [4.78, 5) is 26.0. The number of anilines is 2. The number of hydrogen-bond donors (Lipinski definition) is 2. The van der Waals surface area contributed by atoms with E-state index in [0.29, 0.717) is 21.2 Å². The van der Waals surface area contributed by atoms with E-state index in [4.69, 9.17) is 0 Å². The molecule has 0 saturated carbocycles. The van der Waals surface area contributed by atoms with Gasteiger partial charge in [0.25, 0.3) is 0 Å². The quantitative estimate of drug-likeness (QED) is 0.101. The number of nitrogens with one attached hydrogen (secondary N) is 2. The van der Waals surface area contributed by atoms with Crippen LogP contribution in [-0.2, 0) is 9.59 Å². The molecule has 6 aromatic rings. The molecule has 0 aromatic heterocycles. The minimum atomic E-state index is -6.34. The summed E-state index contributed by atoms with van der Waals surface area (Å²) < 4.78 is 140. The summed E-state index contributed by atoms with van der Waals surface area (Å²) in [6.07, 6.45) is -12.7. The van der Waals surface area contributed by atoms with Crippen LogP contribution >= 0.6 is 15.8 Å². The van der Waals surface area contributed by atoms with Crippen molar-refractivity contribution in [2.45, 2.75) is 24.2 Å². The number of carbonyl (C=O) groups is 2. The molecule has 0 spiro atoms. The minimum Gasteiger partial charge on any atom is -0.320 e. The molecule has 298 valence electrons. The van der Waals surface area contributed by atoms with Gasteiger partial charge in [-0.3, -0.25) is 9.59 Å². The SMILES string of the molecule is O=C(Nc1cccc(P(c2ccccc2)c2ccccc2)c1-c1c(NC(=O)C(F)(F)C(F)(F)F)cccc1P(c1ccccc1)c1ccccc1)C(F)(F)C(F)(F)F. The molecular formula is C42H28F10N2O2P2. The van der Waals surface area contributed by atoms with E-state index >= 15 is 0 Å². The van der Waals surface area contributed by atoms with Crippen molar-refractivity contribution in [3.8, 4) is 11.1 Å². The van der Waals surface area contributed by atoms with Gasteiger partial charge in [-0.25, -0.2) is 0 Å². The number of rotatable bonds is 11. The lowest BCUT2D eigenvalue weighted by Gasteiger charge is -2.30. The van der Waals surface area contributed by atoms with Crippen LogP contribution in [0.25, 0.3) is 11.1 Å². The Morgan fingerprint density at radius 3 is 0.862 bits per heavy atom. The van der Waals surface area contributed by atoms with Gasteiger partial charge < -0.3 is 10.6 Å². The van der Waals surface area contributed by atoms with Crippen molar-refractivity contribution in [1.29, 1.82) is 0 Å². The summed E-state index contributed by atoms with van der Waals surface area (Å²) in [5, 5.41) is 6.08. The molecule has 16 heteroatoms. The highest BCUT2D eigenvalue weighted by molar-refractivity contribution is 7.80. The second-order valence-corrected chi connectivity index (χ2v) is 16.8. The smallest absolute Gasteiger partial charge is 0.320 e. The minimum absolute atomic E-state index is 0.155. The topological polar surface area (TPSA) is 58.2 Å². The van der Waals surface area contributed by atoms with Crippen molar-refractivity contribution in [3.63, 3.8) is 0 Å². The zero-order chi connectivity index (χ0) is 41.9. The van der Waals surface area contributed by atoms with E-state index in [0.717, 1.165) is 12.1 Å². The molecule has 0 aliphatic heterocycles. The number of benzene rings is 6. The maximum atomic E-state index is 14.7. The predicted molar refractivity (Wildman–Crippen MR) is 209 cm³/mol. The number of halogens is 10. The van der Waals surface area contributed by atoms with Crippen LogP contribution in [0.3, 0.4) is 0 Å². The molecule has 58 heavy (non-hydrogen) atoms. The summed E-state index contributed by atoms with van der Waals surface area (Å²) in [7, 11) is -3.78. The maximum Gasteiger partial charge on any atom is 0.463 e. The second-order valence-electron chi connectivity index (χ2n) is 12.5. The first-order chi connectivity index (χ1) is 27.4. The highest BCUT2D eigenvalue weighted by Gasteiger charge is 2.64. The standard InChI is InChI=1S/C42H28F10N2O2P2/c43-39(44,41(47,48)49)37(55)53-31-23-13-25-33(57(27-15-5-1-6-16-27)28-17-7-2-8-18-28)35(31)36-32(54-38(56)40(45,46)42(50,51)52)24-14-26-34(36)58(29-19-9-3-10-20-29)30-21-11-4-12-22-30/h1-26H,(H,53,55)(H,54,56). The third-order valence-electron chi connectivity index (χ3n) is 8.65. The van der Waals surface area contributed by atoms with Gasteiger partial charge in [-0.1, -0.05) is 146 Å². The Labute approximate surface area is 327 Å². The maximum absolute atomic E-state index is 14.7. The fourth-order valence-corrected chi connectivity index (χ4v) is 11.0. The molecule has 0 bridgehead atoms. The third-order valence-corrected chi connectivity index (χ3v) is 13.6. The summed E-state index contributed by atoms with van der Waals surface area (Å²) in [6.45, 7) is 0. The molecule has 0 aliphatic carbocycles. The first-order valence-electron chi connectivity index (χ1n) is 17.0. The van der Waals surface area contributed by atoms with Crippen LogP contribution < -0.4 is 42.5 Å². The van der Waals surface area contributed by atoms with Crippen LogP contribution in [0.5, 0.6) is 0 Å². The van der Waals surface area contributed by atoms with Crippen LogP contribution in [0.2, 0.25) is 0 Å². The van der Waals surface area contributed by atoms with Crippen LogP contribution in [-0.4, -0.2) is 36.0 Å². The Kier molecular flexibility index (Phi) is 12.1. The van der Waals surface area contributed by atoms with Crippen molar-refractivity contribution in [2.24, 2.45) is 0 Å². The molecule has 4 nitrogen and oxygen atoms in total. The van der Waals surface area contributed by atoms with Crippen LogP contribution in [0, 0.1) is 0 Å². The number of alkyl halides is 10. The zero-order valence-electron chi connectivity index (χ0n) is 29.5. The van der Waals surface area contributed by atoms with E-state index in [1.165, 1.54) is 24.3 Å².